The lowest BCUT2D eigenvalue weighted by atomic mass is 10.0. The Hall–Kier alpha value is -1.02. The minimum Gasteiger partial charge on any atom is -0.756 e. The Morgan fingerprint density at radius 2 is 1.12 bits per heavy atom. The summed E-state index contributed by atoms with van der Waals surface area (Å²) in [5.41, 5.74) is 0. The summed E-state index contributed by atoms with van der Waals surface area (Å²) < 4.78 is 33.5. The van der Waals surface area contributed by atoms with Gasteiger partial charge in [0.05, 0.1) is 34.4 Å². The van der Waals surface area contributed by atoms with Crippen molar-refractivity contribution in [3.05, 3.63) is 24.3 Å². The molecule has 0 bridgehead atoms. The number of ether oxygens (including phenoxy) is 2. The van der Waals surface area contributed by atoms with Gasteiger partial charge in [0, 0.05) is 13.0 Å². The van der Waals surface area contributed by atoms with Crippen molar-refractivity contribution in [3.8, 4) is 0 Å². The number of hydrogen-bond donors (Lipinski definition) is 0. The van der Waals surface area contributed by atoms with Gasteiger partial charge in [0.25, 0.3) is 7.82 Å². The van der Waals surface area contributed by atoms with Gasteiger partial charge < -0.3 is 27.9 Å². The van der Waals surface area contributed by atoms with Crippen LogP contribution in [0.5, 0.6) is 0 Å². The van der Waals surface area contributed by atoms with Gasteiger partial charge in [-0.05, 0) is 38.5 Å². The molecule has 0 fully saturated rings. The summed E-state index contributed by atoms with van der Waals surface area (Å²) in [6.45, 7) is 4.83. The number of nitrogens with zero attached hydrogens (tertiary/aromatic N) is 1. The Kier molecular flexibility index (Phi) is 32.4. The molecule has 0 aliphatic heterocycles. The number of carbonyl (C=O) groups excluding carboxylic acids is 1. The van der Waals surface area contributed by atoms with E-state index in [1.165, 1.54) is 122 Å². The first-order chi connectivity index (χ1) is 23.1. The number of allylic oxidation sites excluding steroid dienone is 4. The quantitative estimate of drug-likeness (QED) is 0.0211. The zero-order valence-electron chi connectivity index (χ0n) is 31.9. The van der Waals surface area contributed by atoms with E-state index in [9.17, 15) is 14.3 Å². The van der Waals surface area contributed by atoms with Crippen molar-refractivity contribution < 1.29 is 37.3 Å². The summed E-state index contributed by atoms with van der Waals surface area (Å²) in [4.78, 5) is 23.8. The Morgan fingerprint density at radius 3 is 1.60 bits per heavy atom. The molecule has 284 valence electrons. The summed E-state index contributed by atoms with van der Waals surface area (Å²) in [5, 5.41) is 0. The number of rotatable bonds is 36. The zero-order chi connectivity index (χ0) is 35.6. The summed E-state index contributed by atoms with van der Waals surface area (Å²) in [7, 11) is 1.35. The van der Waals surface area contributed by atoms with Crippen molar-refractivity contribution in [2.75, 3.05) is 54.1 Å². The van der Waals surface area contributed by atoms with E-state index in [4.69, 9.17) is 18.5 Å². The molecule has 0 saturated heterocycles. The molecule has 9 heteroatoms. The van der Waals surface area contributed by atoms with Crippen molar-refractivity contribution in [1.29, 1.82) is 0 Å². The Balaban J connectivity index is 3.62. The molecule has 0 heterocycles. The van der Waals surface area contributed by atoms with Gasteiger partial charge in [-0.25, -0.2) is 0 Å². The van der Waals surface area contributed by atoms with Crippen LogP contribution in [0.3, 0.4) is 0 Å². The number of esters is 1. The van der Waals surface area contributed by atoms with Crippen molar-refractivity contribution in [2.24, 2.45) is 0 Å². The Labute approximate surface area is 296 Å². The molecule has 0 saturated carbocycles. The molecule has 2 unspecified atom stereocenters. The molecular weight excluding hydrogens is 625 g/mol. The fraction of sp³-hybridized carbons (Fsp3) is 0.872. The largest absolute Gasteiger partial charge is 0.756 e. The SMILES string of the molecule is CCCCCCC/C=C\C/C=C\CCCCCCCCCCCCCCCCOCC(COP(=O)([O-])OCC[N+](C)(C)C)OC(=O)CC. The maximum atomic E-state index is 12.1. The van der Waals surface area contributed by atoms with Gasteiger partial charge in [-0.15, -0.1) is 0 Å². The molecule has 0 radical (unpaired) electrons. The third kappa shape index (κ3) is 36.3. The van der Waals surface area contributed by atoms with Crippen LogP contribution in [0.2, 0.25) is 0 Å². The van der Waals surface area contributed by atoms with Crippen LogP contribution in [0.25, 0.3) is 0 Å². The van der Waals surface area contributed by atoms with Crippen molar-refractivity contribution >= 4 is 13.8 Å². The second-order valence-electron chi connectivity index (χ2n) is 14.3. The fourth-order valence-electron chi connectivity index (χ4n) is 5.20. The van der Waals surface area contributed by atoms with E-state index in [0.29, 0.717) is 17.6 Å². The minimum absolute atomic E-state index is 0.0248. The molecule has 0 N–H and O–H groups in total. The van der Waals surface area contributed by atoms with E-state index in [0.717, 1.165) is 19.3 Å². The molecule has 2 atom stereocenters. The maximum Gasteiger partial charge on any atom is 0.305 e. The lowest BCUT2D eigenvalue weighted by Gasteiger charge is -2.28. The molecule has 8 nitrogen and oxygen atoms in total. The highest BCUT2D eigenvalue weighted by Crippen LogP contribution is 2.38. The number of quaternary nitrogens is 1. The van der Waals surface area contributed by atoms with E-state index < -0.39 is 19.9 Å². The topological polar surface area (TPSA) is 94.1 Å². The third-order valence-electron chi connectivity index (χ3n) is 8.31. The predicted octanol–water partition coefficient (Wildman–Crippen LogP) is 10.2. The normalized spacial score (nSPS) is 14.2. The van der Waals surface area contributed by atoms with Gasteiger partial charge in [0.1, 0.15) is 19.3 Å². The van der Waals surface area contributed by atoms with E-state index >= 15 is 0 Å². The summed E-state index contributed by atoms with van der Waals surface area (Å²) in [6.07, 6.45) is 37.2. The molecule has 0 amide bonds. The van der Waals surface area contributed by atoms with Gasteiger partial charge in [0.2, 0.25) is 0 Å². The first kappa shape index (κ1) is 47.0. The number of unbranched alkanes of at least 4 members (excludes halogenated alkanes) is 19. The highest BCUT2D eigenvalue weighted by molar-refractivity contribution is 7.45. The van der Waals surface area contributed by atoms with E-state index in [1.807, 2.05) is 21.1 Å². The maximum absolute atomic E-state index is 12.1. The molecule has 0 aliphatic carbocycles. The van der Waals surface area contributed by atoms with Gasteiger partial charge in [-0.2, -0.15) is 0 Å². The second kappa shape index (κ2) is 33.1. The van der Waals surface area contributed by atoms with E-state index in [-0.39, 0.29) is 26.2 Å². The first-order valence-corrected chi connectivity index (χ1v) is 21.0. The van der Waals surface area contributed by atoms with Gasteiger partial charge in [0.15, 0.2) is 0 Å². The molecule has 0 aromatic rings. The lowest BCUT2D eigenvalue weighted by molar-refractivity contribution is -0.870. The van der Waals surface area contributed by atoms with E-state index in [1.54, 1.807) is 6.92 Å². The van der Waals surface area contributed by atoms with Crippen LogP contribution in [0.15, 0.2) is 24.3 Å². The Morgan fingerprint density at radius 1 is 0.646 bits per heavy atom. The number of phosphoric acid groups is 1. The summed E-state index contributed by atoms with van der Waals surface area (Å²) in [5.74, 6) is -0.421. The van der Waals surface area contributed by atoms with Crippen LogP contribution in [0.4, 0.5) is 0 Å². The minimum atomic E-state index is -4.48. The smallest absolute Gasteiger partial charge is 0.305 e. The van der Waals surface area contributed by atoms with Gasteiger partial charge >= 0.3 is 5.97 Å². The van der Waals surface area contributed by atoms with Crippen LogP contribution in [-0.2, 0) is 27.9 Å². The molecule has 0 aromatic heterocycles. The summed E-state index contributed by atoms with van der Waals surface area (Å²) in [6, 6.07) is 0. The van der Waals surface area contributed by atoms with Crippen molar-refractivity contribution in [3.63, 3.8) is 0 Å². The summed E-state index contributed by atoms with van der Waals surface area (Å²) >= 11 is 0. The van der Waals surface area contributed by atoms with Crippen LogP contribution in [-0.4, -0.2) is 70.7 Å². The van der Waals surface area contributed by atoms with Crippen LogP contribution < -0.4 is 4.89 Å². The van der Waals surface area contributed by atoms with Crippen LogP contribution >= 0.6 is 7.82 Å². The average molecular weight is 702 g/mol. The van der Waals surface area contributed by atoms with E-state index in [2.05, 4.69) is 31.2 Å². The first-order valence-electron chi connectivity index (χ1n) is 19.6. The number of carbonyl (C=O) groups is 1. The third-order valence-corrected chi connectivity index (χ3v) is 9.27. The van der Waals surface area contributed by atoms with Crippen LogP contribution in [0, 0.1) is 0 Å². The highest BCUT2D eigenvalue weighted by atomic mass is 31.2. The standard InChI is InChI=1S/C39H76NO7P/c1-6-8-9-10-11-12-13-14-15-16-17-18-19-20-21-22-23-24-25-26-27-28-29-30-31-32-34-44-36-38(47-39(41)7-2)37-46-48(42,43)45-35-33-40(3,4)5/h13-14,16-17,38H,6-12,15,18-37H2,1-5H3/b14-13-,17-16-. The molecule has 0 aliphatic rings. The lowest BCUT2D eigenvalue weighted by Crippen LogP contribution is -2.37. The molecule has 48 heavy (non-hydrogen) atoms. The fourth-order valence-corrected chi connectivity index (χ4v) is 5.93. The zero-order valence-corrected chi connectivity index (χ0v) is 32.8. The number of likely N-dealkylation sites (N-methyl/N-ethyl adjacent to an activating group) is 1. The average Bonchev–Trinajstić information content (AvgIpc) is 3.04. The van der Waals surface area contributed by atoms with Crippen molar-refractivity contribution in [1.82, 2.24) is 0 Å². The number of phosphoric ester groups is 1. The molecule has 0 aromatic carbocycles. The molecule has 0 rings (SSSR count). The van der Waals surface area contributed by atoms with Gasteiger partial charge in [-0.1, -0.05) is 141 Å². The Bertz CT molecular complexity index is 828. The van der Waals surface area contributed by atoms with Gasteiger partial charge in [-0.3, -0.25) is 9.36 Å². The van der Waals surface area contributed by atoms with Crippen LogP contribution in [0.1, 0.15) is 162 Å². The monoisotopic (exact) mass is 702 g/mol. The molecular formula is C39H76NO7P. The predicted molar refractivity (Wildman–Crippen MR) is 199 cm³/mol. The second-order valence-corrected chi connectivity index (χ2v) is 15.7. The number of hydrogen-bond acceptors (Lipinski definition) is 7. The molecule has 0 spiro atoms. The highest BCUT2D eigenvalue weighted by Gasteiger charge is 2.19. The van der Waals surface area contributed by atoms with Crippen molar-refractivity contribution in [2.45, 2.75) is 168 Å².